The van der Waals surface area contributed by atoms with Crippen molar-refractivity contribution >= 4 is 28.2 Å². The Morgan fingerprint density at radius 1 is 1.07 bits per heavy atom. The lowest BCUT2D eigenvalue weighted by atomic mass is 10.0. The number of aromatic nitrogens is 1. The number of rotatable bonds is 3. The first-order valence-corrected chi connectivity index (χ1v) is 8.80. The van der Waals surface area contributed by atoms with E-state index in [1.807, 2.05) is 29.2 Å². The molecule has 2 aromatic carbocycles. The largest absolute Gasteiger partial charge is 0.497 e. The van der Waals surface area contributed by atoms with Gasteiger partial charge in [0.2, 0.25) is 0 Å². The molecule has 0 radical (unpaired) electrons. The van der Waals surface area contributed by atoms with E-state index < -0.39 is 5.97 Å². The van der Waals surface area contributed by atoms with Crippen LogP contribution in [-0.4, -0.2) is 31.7 Å². The molecule has 0 fully saturated rings. The number of nitrogens with one attached hydrogen (secondary N) is 1. The lowest BCUT2D eigenvalue weighted by Gasteiger charge is -2.31. The molecule has 3 aromatic rings. The van der Waals surface area contributed by atoms with Crippen molar-refractivity contribution in [2.75, 3.05) is 25.7 Å². The third-order valence-electron chi connectivity index (χ3n) is 4.94. The van der Waals surface area contributed by atoms with Crippen LogP contribution in [0.15, 0.2) is 47.3 Å². The van der Waals surface area contributed by atoms with Gasteiger partial charge in [-0.15, -0.1) is 0 Å². The van der Waals surface area contributed by atoms with Crippen LogP contribution in [0.1, 0.15) is 22.3 Å². The summed E-state index contributed by atoms with van der Waals surface area (Å²) >= 11 is 0. The van der Waals surface area contributed by atoms with Crippen LogP contribution < -0.4 is 15.2 Å². The number of aromatic amines is 1. The van der Waals surface area contributed by atoms with Crippen LogP contribution in [0, 0.1) is 0 Å². The molecule has 0 aliphatic carbocycles. The van der Waals surface area contributed by atoms with E-state index in [9.17, 15) is 9.59 Å². The Labute approximate surface area is 156 Å². The first-order chi connectivity index (χ1) is 13.1. The lowest BCUT2D eigenvalue weighted by Crippen LogP contribution is -2.29. The maximum atomic E-state index is 12.7. The normalized spacial score (nSPS) is 13.3. The molecular weight excluding hydrogens is 344 g/mol. The molecule has 0 atom stereocenters. The quantitative estimate of drug-likeness (QED) is 0.721. The molecule has 2 heterocycles. The number of hydrogen-bond acceptors (Lipinski definition) is 5. The summed E-state index contributed by atoms with van der Waals surface area (Å²) in [6, 6.07) is 12.9. The Hall–Kier alpha value is -3.28. The SMILES string of the molecule is COC(=O)c1ccc2[nH]c(=O)c(N3CCCc4cc(OC)ccc43)cc2c1. The minimum Gasteiger partial charge on any atom is -0.497 e. The van der Waals surface area contributed by atoms with Crippen molar-refractivity contribution in [3.8, 4) is 5.75 Å². The highest BCUT2D eigenvalue weighted by molar-refractivity contribution is 5.95. The molecule has 27 heavy (non-hydrogen) atoms. The topological polar surface area (TPSA) is 71.6 Å². The van der Waals surface area contributed by atoms with Crippen molar-refractivity contribution < 1.29 is 14.3 Å². The second-order valence-electron chi connectivity index (χ2n) is 6.53. The highest BCUT2D eigenvalue weighted by Gasteiger charge is 2.21. The van der Waals surface area contributed by atoms with E-state index >= 15 is 0 Å². The molecule has 1 aromatic heterocycles. The summed E-state index contributed by atoms with van der Waals surface area (Å²) < 4.78 is 10.1. The number of fused-ring (bicyclic) bond motifs is 2. The van der Waals surface area contributed by atoms with E-state index in [1.165, 1.54) is 7.11 Å². The summed E-state index contributed by atoms with van der Waals surface area (Å²) in [5.41, 5.74) is 3.71. The van der Waals surface area contributed by atoms with Crippen molar-refractivity contribution in [1.29, 1.82) is 0 Å². The Morgan fingerprint density at radius 2 is 1.93 bits per heavy atom. The summed E-state index contributed by atoms with van der Waals surface area (Å²) in [5, 5.41) is 0.785. The average molecular weight is 364 g/mol. The molecule has 0 amide bonds. The number of ether oxygens (including phenoxy) is 2. The zero-order chi connectivity index (χ0) is 19.0. The van der Waals surface area contributed by atoms with Gasteiger partial charge in [-0.3, -0.25) is 4.79 Å². The summed E-state index contributed by atoms with van der Waals surface area (Å²) in [4.78, 5) is 29.5. The fourth-order valence-electron chi connectivity index (χ4n) is 3.59. The van der Waals surface area contributed by atoms with Crippen molar-refractivity contribution in [3.05, 3.63) is 63.9 Å². The number of hydrogen-bond donors (Lipinski definition) is 1. The number of nitrogens with zero attached hydrogens (tertiary/aromatic N) is 1. The molecule has 0 unspecified atom stereocenters. The van der Waals surface area contributed by atoms with Crippen LogP contribution >= 0.6 is 0 Å². The van der Waals surface area contributed by atoms with Gasteiger partial charge in [-0.05, 0) is 60.9 Å². The number of carbonyl (C=O) groups excluding carboxylic acids is 1. The fourth-order valence-corrected chi connectivity index (χ4v) is 3.59. The second-order valence-corrected chi connectivity index (χ2v) is 6.53. The average Bonchev–Trinajstić information content (AvgIpc) is 2.71. The monoisotopic (exact) mass is 364 g/mol. The van der Waals surface area contributed by atoms with Gasteiger partial charge in [0.15, 0.2) is 0 Å². The molecule has 0 bridgehead atoms. The molecule has 4 rings (SSSR count). The van der Waals surface area contributed by atoms with Gasteiger partial charge in [0.05, 0.1) is 19.8 Å². The first kappa shape index (κ1) is 17.1. The Balaban J connectivity index is 1.83. The van der Waals surface area contributed by atoms with E-state index in [-0.39, 0.29) is 5.56 Å². The Kier molecular flexibility index (Phi) is 4.32. The van der Waals surface area contributed by atoms with E-state index in [2.05, 4.69) is 4.98 Å². The zero-order valence-electron chi connectivity index (χ0n) is 15.2. The van der Waals surface area contributed by atoms with E-state index in [0.29, 0.717) is 16.8 Å². The van der Waals surface area contributed by atoms with Gasteiger partial charge in [-0.25, -0.2) is 4.79 Å². The van der Waals surface area contributed by atoms with Crippen LogP contribution in [0.5, 0.6) is 5.75 Å². The fraction of sp³-hybridized carbons (Fsp3) is 0.238. The Bertz CT molecular complexity index is 1090. The van der Waals surface area contributed by atoms with Gasteiger partial charge >= 0.3 is 5.97 Å². The molecular formula is C21H20N2O4. The van der Waals surface area contributed by atoms with Gasteiger partial charge in [0.1, 0.15) is 11.4 Å². The molecule has 0 saturated heterocycles. The number of methoxy groups -OCH3 is 2. The standard InChI is InChI=1S/C21H20N2O4/c1-26-16-6-8-18-13(11-16)4-3-9-23(18)19-12-15-10-14(21(25)27-2)5-7-17(15)22-20(19)24/h5-8,10-12H,3-4,9H2,1-2H3,(H,22,24). The summed E-state index contributed by atoms with van der Waals surface area (Å²) in [6.07, 6.45) is 1.89. The molecule has 6 nitrogen and oxygen atoms in total. The van der Waals surface area contributed by atoms with Gasteiger partial charge in [0, 0.05) is 23.1 Å². The second kappa shape index (κ2) is 6.79. The highest BCUT2D eigenvalue weighted by Crippen LogP contribution is 2.34. The number of esters is 1. The molecule has 1 N–H and O–H groups in total. The predicted octanol–water partition coefficient (Wildman–Crippen LogP) is 3.41. The van der Waals surface area contributed by atoms with Crippen LogP contribution in [0.25, 0.3) is 10.9 Å². The maximum absolute atomic E-state index is 12.7. The van der Waals surface area contributed by atoms with E-state index in [4.69, 9.17) is 9.47 Å². The van der Waals surface area contributed by atoms with Gasteiger partial charge in [-0.2, -0.15) is 0 Å². The molecule has 0 saturated carbocycles. The molecule has 138 valence electrons. The van der Waals surface area contributed by atoms with Crippen molar-refractivity contribution in [2.24, 2.45) is 0 Å². The summed E-state index contributed by atoms with van der Waals surface area (Å²) in [7, 11) is 3.00. The predicted molar refractivity (Wildman–Crippen MR) is 104 cm³/mol. The summed E-state index contributed by atoms with van der Waals surface area (Å²) in [5.74, 6) is 0.408. The van der Waals surface area contributed by atoms with Crippen LogP contribution in [-0.2, 0) is 11.2 Å². The van der Waals surface area contributed by atoms with Gasteiger partial charge in [0.25, 0.3) is 5.56 Å². The van der Waals surface area contributed by atoms with Crippen LogP contribution in [0.3, 0.4) is 0 Å². The molecule has 0 spiro atoms. The Morgan fingerprint density at radius 3 is 2.70 bits per heavy atom. The van der Waals surface area contributed by atoms with Crippen molar-refractivity contribution in [3.63, 3.8) is 0 Å². The number of anilines is 2. The zero-order valence-corrected chi connectivity index (χ0v) is 15.2. The maximum Gasteiger partial charge on any atom is 0.337 e. The molecule has 1 aliphatic rings. The molecule has 1 aliphatic heterocycles. The number of carbonyl (C=O) groups is 1. The highest BCUT2D eigenvalue weighted by atomic mass is 16.5. The van der Waals surface area contributed by atoms with Gasteiger partial charge < -0.3 is 19.4 Å². The third-order valence-corrected chi connectivity index (χ3v) is 4.94. The number of benzene rings is 2. The van der Waals surface area contributed by atoms with E-state index in [0.717, 1.165) is 41.8 Å². The van der Waals surface area contributed by atoms with Gasteiger partial charge in [-0.1, -0.05) is 0 Å². The number of H-pyrrole nitrogens is 1. The van der Waals surface area contributed by atoms with Crippen molar-refractivity contribution in [1.82, 2.24) is 4.98 Å². The van der Waals surface area contributed by atoms with Crippen LogP contribution in [0.4, 0.5) is 11.4 Å². The van der Waals surface area contributed by atoms with E-state index in [1.54, 1.807) is 25.3 Å². The lowest BCUT2D eigenvalue weighted by molar-refractivity contribution is 0.0601. The first-order valence-electron chi connectivity index (χ1n) is 8.80. The van der Waals surface area contributed by atoms with Crippen LogP contribution in [0.2, 0.25) is 0 Å². The minimum atomic E-state index is -0.403. The number of pyridine rings is 1. The smallest absolute Gasteiger partial charge is 0.337 e. The van der Waals surface area contributed by atoms with Crippen molar-refractivity contribution in [2.45, 2.75) is 12.8 Å². The summed E-state index contributed by atoms with van der Waals surface area (Å²) in [6.45, 7) is 0.755. The third kappa shape index (κ3) is 3.03. The minimum absolute atomic E-state index is 0.156. The molecule has 6 heteroatoms. The number of aryl methyl sites for hydroxylation is 1.